The average molecular weight is 289 g/mol. The van der Waals surface area contributed by atoms with Crippen LogP contribution in [0.25, 0.3) is 6.08 Å². The summed E-state index contributed by atoms with van der Waals surface area (Å²) in [6, 6.07) is 5.94. The summed E-state index contributed by atoms with van der Waals surface area (Å²) in [6.07, 6.45) is 5.34. The lowest BCUT2D eigenvalue weighted by atomic mass is 10.2. The van der Waals surface area contributed by atoms with Crippen molar-refractivity contribution in [2.24, 2.45) is 0 Å². The fraction of sp³-hybridized carbons (Fsp3) is 0.333. The lowest BCUT2D eigenvalue weighted by Gasteiger charge is -1.99. The maximum Gasteiger partial charge on any atom is 0.0554 e. The molecule has 1 aromatic rings. The Labute approximate surface area is 105 Å². The molecule has 15 heavy (non-hydrogen) atoms. The number of rotatable bonds is 5. The van der Waals surface area contributed by atoms with Gasteiger partial charge in [0.2, 0.25) is 0 Å². The van der Waals surface area contributed by atoms with E-state index in [2.05, 4.69) is 40.3 Å². The van der Waals surface area contributed by atoms with Crippen LogP contribution in [-0.4, -0.2) is 13.1 Å². The molecule has 0 fully saturated rings. The fourth-order valence-corrected chi connectivity index (χ4v) is 1.61. The van der Waals surface area contributed by atoms with E-state index in [1.54, 1.807) is 0 Å². The summed E-state index contributed by atoms with van der Waals surface area (Å²) in [6.45, 7) is 4.12. The molecule has 1 N–H and O–H groups in total. The van der Waals surface area contributed by atoms with Gasteiger partial charge in [0, 0.05) is 11.0 Å². The standard InChI is InChI=1S/C12H15BrClN/c1-2-7-15-8-3-4-10-5-6-11(13)12(14)9-10/h3-6,9,15H,2,7-8H2,1H3/b4-3+. The van der Waals surface area contributed by atoms with E-state index in [1.807, 2.05) is 18.2 Å². The minimum atomic E-state index is 0.749. The summed E-state index contributed by atoms with van der Waals surface area (Å²) in [5.41, 5.74) is 1.13. The van der Waals surface area contributed by atoms with Gasteiger partial charge in [0.05, 0.1) is 5.02 Å². The van der Waals surface area contributed by atoms with Crippen molar-refractivity contribution < 1.29 is 0 Å². The highest BCUT2D eigenvalue weighted by Crippen LogP contribution is 2.23. The summed E-state index contributed by atoms with van der Waals surface area (Å²) >= 11 is 9.34. The van der Waals surface area contributed by atoms with Crippen LogP contribution in [-0.2, 0) is 0 Å². The third-order valence-corrected chi connectivity index (χ3v) is 3.18. The van der Waals surface area contributed by atoms with Crippen LogP contribution < -0.4 is 5.32 Å². The zero-order chi connectivity index (χ0) is 11.1. The largest absolute Gasteiger partial charge is 0.313 e. The van der Waals surface area contributed by atoms with Crippen LogP contribution in [0.2, 0.25) is 5.02 Å². The molecule has 3 heteroatoms. The van der Waals surface area contributed by atoms with Crippen LogP contribution in [0, 0.1) is 0 Å². The molecular formula is C12H15BrClN. The Morgan fingerprint density at radius 2 is 2.27 bits per heavy atom. The first-order valence-electron chi connectivity index (χ1n) is 5.06. The summed E-state index contributed by atoms with van der Waals surface area (Å²) < 4.78 is 0.936. The second kappa shape index (κ2) is 7.04. The first-order valence-corrected chi connectivity index (χ1v) is 6.23. The fourth-order valence-electron chi connectivity index (χ4n) is 1.17. The van der Waals surface area contributed by atoms with Crippen molar-refractivity contribution in [3.8, 4) is 0 Å². The van der Waals surface area contributed by atoms with E-state index in [4.69, 9.17) is 11.6 Å². The molecule has 0 saturated heterocycles. The molecule has 1 nitrogen and oxygen atoms in total. The van der Waals surface area contributed by atoms with Crippen molar-refractivity contribution in [1.29, 1.82) is 0 Å². The molecule has 0 heterocycles. The maximum atomic E-state index is 5.98. The Morgan fingerprint density at radius 1 is 1.47 bits per heavy atom. The quantitative estimate of drug-likeness (QED) is 0.804. The van der Waals surface area contributed by atoms with Crippen molar-refractivity contribution in [1.82, 2.24) is 5.32 Å². The van der Waals surface area contributed by atoms with Crippen LogP contribution in [0.5, 0.6) is 0 Å². The topological polar surface area (TPSA) is 12.0 Å². The second-order valence-corrected chi connectivity index (χ2v) is 4.54. The monoisotopic (exact) mass is 287 g/mol. The van der Waals surface area contributed by atoms with E-state index < -0.39 is 0 Å². The van der Waals surface area contributed by atoms with E-state index in [0.29, 0.717) is 0 Å². The Balaban J connectivity index is 2.46. The lowest BCUT2D eigenvalue weighted by Crippen LogP contribution is -2.13. The highest BCUT2D eigenvalue weighted by atomic mass is 79.9. The van der Waals surface area contributed by atoms with Gasteiger partial charge in [-0.2, -0.15) is 0 Å². The van der Waals surface area contributed by atoms with Gasteiger partial charge in [-0.25, -0.2) is 0 Å². The molecule has 1 aromatic carbocycles. The lowest BCUT2D eigenvalue weighted by molar-refractivity contribution is 0.730. The van der Waals surface area contributed by atoms with E-state index in [-0.39, 0.29) is 0 Å². The van der Waals surface area contributed by atoms with Crippen LogP contribution in [0.15, 0.2) is 28.7 Å². The molecule has 0 aliphatic rings. The van der Waals surface area contributed by atoms with Gasteiger partial charge in [-0.15, -0.1) is 0 Å². The molecule has 1 rings (SSSR count). The predicted octanol–water partition coefficient (Wildman–Crippen LogP) is 4.12. The van der Waals surface area contributed by atoms with Crippen LogP contribution >= 0.6 is 27.5 Å². The number of hydrogen-bond acceptors (Lipinski definition) is 1. The van der Waals surface area contributed by atoms with Crippen LogP contribution in [0.1, 0.15) is 18.9 Å². The first kappa shape index (κ1) is 12.8. The smallest absolute Gasteiger partial charge is 0.0554 e. The van der Waals surface area contributed by atoms with Gasteiger partial charge in [0.15, 0.2) is 0 Å². The van der Waals surface area contributed by atoms with Crippen molar-refractivity contribution >= 4 is 33.6 Å². The SMILES string of the molecule is CCCNC/C=C/c1ccc(Br)c(Cl)c1. The summed E-state index contributed by atoms with van der Waals surface area (Å²) in [5.74, 6) is 0. The minimum absolute atomic E-state index is 0.749. The van der Waals surface area contributed by atoms with Gasteiger partial charge in [-0.05, 0) is 46.6 Å². The van der Waals surface area contributed by atoms with E-state index in [1.165, 1.54) is 0 Å². The van der Waals surface area contributed by atoms with Crippen molar-refractivity contribution in [3.63, 3.8) is 0 Å². The van der Waals surface area contributed by atoms with Gasteiger partial charge in [-0.3, -0.25) is 0 Å². The third-order valence-electron chi connectivity index (χ3n) is 1.94. The van der Waals surface area contributed by atoms with Crippen LogP contribution in [0.3, 0.4) is 0 Å². The zero-order valence-corrected chi connectivity index (χ0v) is 11.1. The average Bonchev–Trinajstić information content (AvgIpc) is 2.23. The van der Waals surface area contributed by atoms with E-state index >= 15 is 0 Å². The highest BCUT2D eigenvalue weighted by molar-refractivity contribution is 9.10. The second-order valence-electron chi connectivity index (χ2n) is 3.28. The van der Waals surface area contributed by atoms with Gasteiger partial charge in [0.25, 0.3) is 0 Å². The minimum Gasteiger partial charge on any atom is -0.313 e. The molecule has 0 unspecified atom stereocenters. The molecule has 0 atom stereocenters. The van der Waals surface area contributed by atoms with Crippen molar-refractivity contribution in [2.45, 2.75) is 13.3 Å². The normalized spacial score (nSPS) is 11.1. The third kappa shape index (κ3) is 4.83. The van der Waals surface area contributed by atoms with Gasteiger partial charge in [0.1, 0.15) is 0 Å². The molecule has 0 radical (unpaired) electrons. The van der Waals surface area contributed by atoms with Gasteiger partial charge >= 0.3 is 0 Å². The molecule has 0 bridgehead atoms. The molecule has 0 aromatic heterocycles. The number of benzene rings is 1. The maximum absolute atomic E-state index is 5.98. The Hall–Kier alpha value is -0.310. The number of hydrogen-bond donors (Lipinski definition) is 1. The predicted molar refractivity (Wildman–Crippen MR) is 71.3 cm³/mol. The zero-order valence-electron chi connectivity index (χ0n) is 8.76. The van der Waals surface area contributed by atoms with E-state index in [9.17, 15) is 0 Å². The Bertz CT molecular complexity index is 336. The molecule has 0 amide bonds. The summed E-state index contributed by atoms with van der Waals surface area (Å²) in [4.78, 5) is 0. The Morgan fingerprint density at radius 3 is 2.93 bits per heavy atom. The molecule has 0 saturated carbocycles. The summed E-state index contributed by atoms with van der Waals surface area (Å²) in [5, 5.41) is 4.05. The molecule has 82 valence electrons. The first-order chi connectivity index (χ1) is 7.24. The highest BCUT2D eigenvalue weighted by Gasteiger charge is 1.95. The van der Waals surface area contributed by atoms with Crippen LogP contribution in [0.4, 0.5) is 0 Å². The van der Waals surface area contributed by atoms with Crippen molar-refractivity contribution in [2.75, 3.05) is 13.1 Å². The van der Waals surface area contributed by atoms with Gasteiger partial charge < -0.3 is 5.32 Å². The van der Waals surface area contributed by atoms with Gasteiger partial charge in [-0.1, -0.05) is 36.7 Å². The molecular weight excluding hydrogens is 273 g/mol. The van der Waals surface area contributed by atoms with E-state index in [0.717, 1.165) is 34.6 Å². The van der Waals surface area contributed by atoms with Crippen molar-refractivity contribution in [3.05, 3.63) is 39.3 Å². The summed E-state index contributed by atoms with van der Waals surface area (Å²) in [7, 11) is 0. The Kier molecular flexibility index (Phi) is 5.99. The number of halogens is 2. The molecule has 0 aliphatic carbocycles. The molecule has 0 spiro atoms. The number of nitrogens with one attached hydrogen (secondary N) is 1. The molecule has 0 aliphatic heterocycles.